The van der Waals surface area contributed by atoms with Crippen molar-refractivity contribution in [3.63, 3.8) is 0 Å². The maximum absolute atomic E-state index is 13.0. The fraction of sp³-hybridized carbons (Fsp3) is 0.167. The van der Waals surface area contributed by atoms with Gasteiger partial charge in [-0.05, 0) is 43.4 Å². The van der Waals surface area contributed by atoms with Gasteiger partial charge in [0.2, 0.25) is 11.8 Å². The van der Waals surface area contributed by atoms with Crippen molar-refractivity contribution in [2.24, 2.45) is 0 Å². The Morgan fingerprint density at radius 1 is 1.04 bits per heavy atom. The highest BCUT2D eigenvalue weighted by molar-refractivity contribution is 7.18. The number of fused-ring (bicyclic) bond motifs is 1. The second-order valence-electron chi connectivity index (χ2n) is 5.76. The maximum atomic E-state index is 13.0. The van der Waals surface area contributed by atoms with Crippen molar-refractivity contribution in [1.82, 2.24) is 20.1 Å². The molecule has 0 saturated carbocycles. The Bertz CT molecular complexity index is 963. The summed E-state index contributed by atoms with van der Waals surface area (Å²) in [5.41, 5.74) is 1.72. The number of rotatable bonds is 5. The smallest absolute Gasteiger partial charge is 0.247 e. The van der Waals surface area contributed by atoms with Gasteiger partial charge in [0.05, 0.1) is 23.3 Å². The summed E-state index contributed by atoms with van der Waals surface area (Å²) in [6.07, 6.45) is 0. The Morgan fingerprint density at radius 3 is 2.64 bits per heavy atom. The van der Waals surface area contributed by atoms with Crippen LogP contribution in [0.25, 0.3) is 21.7 Å². The maximum Gasteiger partial charge on any atom is 0.247 e. The molecule has 0 bridgehead atoms. The lowest BCUT2D eigenvalue weighted by Crippen LogP contribution is -2.17. The van der Waals surface area contributed by atoms with Crippen LogP contribution in [0, 0.1) is 5.82 Å². The van der Waals surface area contributed by atoms with Gasteiger partial charge in [0.25, 0.3) is 0 Å². The number of para-hydroxylation sites is 1. The summed E-state index contributed by atoms with van der Waals surface area (Å²) in [7, 11) is 1.98. The van der Waals surface area contributed by atoms with Crippen molar-refractivity contribution in [2.45, 2.75) is 13.1 Å². The largest absolute Gasteiger partial charge is 0.419 e. The lowest BCUT2D eigenvalue weighted by molar-refractivity contribution is 0.282. The molecule has 0 spiro atoms. The second-order valence-corrected chi connectivity index (χ2v) is 6.87. The van der Waals surface area contributed by atoms with Crippen LogP contribution in [0.15, 0.2) is 52.9 Å². The molecule has 0 radical (unpaired) electrons. The quantitative estimate of drug-likeness (QED) is 0.540. The van der Waals surface area contributed by atoms with E-state index in [4.69, 9.17) is 4.42 Å². The third-order valence-corrected chi connectivity index (χ3v) is 4.73. The van der Waals surface area contributed by atoms with Crippen molar-refractivity contribution < 1.29 is 8.81 Å². The van der Waals surface area contributed by atoms with Gasteiger partial charge in [-0.1, -0.05) is 12.1 Å². The molecule has 0 N–H and O–H groups in total. The molecule has 0 unspecified atom stereocenters. The molecule has 126 valence electrons. The molecule has 2 heterocycles. The fourth-order valence-corrected chi connectivity index (χ4v) is 3.58. The predicted octanol–water partition coefficient (Wildman–Crippen LogP) is 4.12. The zero-order valence-corrected chi connectivity index (χ0v) is 14.3. The molecule has 0 aliphatic heterocycles. The molecule has 2 aromatic carbocycles. The number of hydrogen-bond acceptors (Lipinski definition) is 6. The van der Waals surface area contributed by atoms with Crippen molar-refractivity contribution in [2.75, 3.05) is 7.05 Å². The van der Waals surface area contributed by atoms with E-state index in [1.807, 2.05) is 25.2 Å². The monoisotopic (exact) mass is 354 g/mol. The van der Waals surface area contributed by atoms with Crippen LogP contribution in [-0.4, -0.2) is 27.1 Å². The Kier molecular flexibility index (Phi) is 4.25. The first-order valence-electron chi connectivity index (χ1n) is 7.79. The summed E-state index contributed by atoms with van der Waals surface area (Å²) in [5, 5.41) is 9.15. The van der Waals surface area contributed by atoms with Gasteiger partial charge in [-0.3, -0.25) is 4.90 Å². The van der Waals surface area contributed by atoms with Crippen molar-refractivity contribution >= 4 is 21.6 Å². The number of halogens is 1. The van der Waals surface area contributed by atoms with Crippen LogP contribution in [0.3, 0.4) is 0 Å². The number of hydrogen-bond donors (Lipinski definition) is 0. The van der Waals surface area contributed by atoms with Crippen LogP contribution in [0.1, 0.15) is 10.9 Å². The summed E-state index contributed by atoms with van der Waals surface area (Å²) >= 11 is 1.68. The molecular formula is C18H15FN4OS. The summed E-state index contributed by atoms with van der Waals surface area (Å²) < 4.78 is 19.8. The Labute approximate surface area is 147 Å². The van der Waals surface area contributed by atoms with Crippen LogP contribution in [-0.2, 0) is 13.1 Å². The average Bonchev–Trinajstić information content (AvgIpc) is 3.21. The molecular weight excluding hydrogens is 339 g/mol. The van der Waals surface area contributed by atoms with Gasteiger partial charge < -0.3 is 4.42 Å². The molecule has 0 atom stereocenters. The first-order chi connectivity index (χ1) is 12.2. The molecule has 0 amide bonds. The standard InChI is InChI=1S/C18H15FN4OS/c1-23(11-17-20-14-4-2-3-5-15(14)25-17)10-16-21-22-18(24-16)12-6-8-13(19)9-7-12/h2-9H,10-11H2,1H3. The van der Waals surface area contributed by atoms with E-state index in [2.05, 4.69) is 26.1 Å². The Balaban J connectivity index is 1.44. The molecule has 7 heteroatoms. The minimum atomic E-state index is -0.293. The molecule has 5 nitrogen and oxygen atoms in total. The lowest BCUT2D eigenvalue weighted by atomic mass is 10.2. The van der Waals surface area contributed by atoms with E-state index in [0.29, 0.717) is 30.4 Å². The second kappa shape index (κ2) is 6.70. The predicted molar refractivity (Wildman–Crippen MR) is 94.5 cm³/mol. The van der Waals surface area contributed by atoms with E-state index in [1.165, 1.54) is 16.8 Å². The summed E-state index contributed by atoms with van der Waals surface area (Å²) in [6.45, 7) is 1.22. The van der Waals surface area contributed by atoms with Crippen LogP contribution in [0.5, 0.6) is 0 Å². The van der Waals surface area contributed by atoms with Gasteiger partial charge in [-0.15, -0.1) is 21.5 Å². The average molecular weight is 354 g/mol. The molecule has 0 aliphatic carbocycles. The van der Waals surface area contributed by atoms with Crippen molar-refractivity contribution in [1.29, 1.82) is 0 Å². The van der Waals surface area contributed by atoms with Crippen molar-refractivity contribution in [3.8, 4) is 11.5 Å². The van der Waals surface area contributed by atoms with Gasteiger partial charge in [0.15, 0.2) is 0 Å². The highest BCUT2D eigenvalue weighted by Crippen LogP contribution is 2.23. The Hall–Kier alpha value is -2.64. The highest BCUT2D eigenvalue weighted by atomic mass is 32.1. The van der Waals surface area contributed by atoms with Gasteiger partial charge in [0, 0.05) is 5.56 Å². The molecule has 0 aliphatic rings. The topological polar surface area (TPSA) is 55.1 Å². The minimum Gasteiger partial charge on any atom is -0.419 e. The normalized spacial score (nSPS) is 11.5. The molecule has 0 saturated heterocycles. The van der Waals surface area contributed by atoms with Gasteiger partial charge >= 0.3 is 0 Å². The SMILES string of the molecule is CN(Cc1nnc(-c2ccc(F)cc2)o1)Cc1nc2ccccc2s1. The van der Waals surface area contributed by atoms with E-state index in [1.54, 1.807) is 23.5 Å². The van der Waals surface area contributed by atoms with Crippen molar-refractivity contribution in [3.05, 3.63) is 65.2 Å². The fourth-order valence-electron chi connectivity index (χ4n) is 2.53. The highest BCUT2D eigenvalue weighted by Gasteiger charge is 2.12. The van der Waals surface area contributed by atoms with E-state index in [0.717, 1.165) is 10.5 Å². The summed E-state index contributed by atoms with van der Waals surface area (Å²) in [6, 6.07) is 14.1. The Morgan fingerprint density at radius 2 is 1.84 bits per heavy atom. The number of nitrogens with zero attached hydrogens (tertiary/aromatic N) is 4. The van der Waals surface area contributed by atoms with E-state index < -0.39 is 0 Å². The third kappa shape index (κ3) is 3.57. The number of benzene rings is 2. The zero-order chi connectivity index (χ0) is 17.2. The first-order valence-corrected chi connectivity index (χ1v) is 8.60. The zero-order valence-electron chi connectivity index (χ0n) is 13.5. The lowest BCUT2D eigenvalue weighted by Gasteiger charge is -2.11. The van der Waals surface area contributed by atoms with E-state index in [-0.39, 0.29) is 5.82 Å². The van der Waals surface area contributed by atoms with Gasteiger partial charge in [0.1, 0.15) is 10.8 Å². The van der Waals surface area contributed by atoms with Crippen LogP contribution < -0.4 is 0 Å². The van der Waals surface area contributed by atoms with Crippen LogP contribution >= 0.6 is 11.3 Å². The van der Waals surface area contributed by atoms with Crippen LogP contribution in [0.2, 0.25) is 0 Å². The van der Waals surface area contributed by atoms with E-state index >= 15 is 0 Å². The van der Waals surface area contributed by atoms with Gasteiger partial charge in [-0.25, -0.2) is 9.37 Å². The summed E-state index contributed by atoms with van der Waals surface area (Å²) in [4.78, 5) is 6.70. The minimum absolute atomic E-state index is 0.293. The van der Waals surface area contributed by atoms with Crippen LogP contribution in [0.4, 0.5) is 4.39 Å². The van der Waals surface area contributed by atoms with Gasteiger partial charge in [-0.2, -0.15) is 0 Å². The molecule has 0 fully saturated rings. The number of thiazole rings is 1. The molecule has 4 aromatic rings. The molecule has 4 rings (SSSR count). The van der Waals surface area contributed by atoms with E-state index in [9.17, 15) is 4.39 Å². The summed E-state index contributed by atoms with van der Waals surface area (Å²) in [5.74, 6) is 0.616. The third-order valence-electron chi connectivity index (χ3n) is 3.71. The molecule has 2 aromatic heterocycles. The first kappa shape index (κ1) is 15.9. The molecule has 25 heavy (non-hydrogen) atoms. The number of aromatic nitrogens is 3.